The lowest BCUT2D eigenvalue weighted by Gasteiger charge is -2.09. The first-order valence-electron chi connectivity index (χ1n) is 8.07. The summed E-state index contributed by atoms with van der Waals surface area (Å²) in [5, 5.41) is 10.9. The summed E-state index contributed by atoms with van der Waals surface area (Å²) in [6, 6.07) is 5.30. The van der Waals surface area contributed by atoms with E-state index in [1.807, 2.05) is 0 Å². The van der Waals surface area contributed by atoms with Gasteiger partial charge in [0, 0.05) is 11.6 Å². The van der Waals surface area contributed by atoms with Gasteiger partial charge >= 0.3 is 12.2 Å². The van der Waals surface area contributed by atoms with Crippen LogP contribution >= 0.6 is 11.3 Å². The molecular formula is C17H13F3N4O2S. The number of hydrogen-bond donors (Lipinski definition) is 2. The van der Waals surface area contributed by atoms with E-state index in [1.165, 1.54) is 23.5 Å². The normalized spacial score (nSPS) is 14.2. The zero-order valence-corrected chi connectivity index (χ0v) is 14.5. The Kier molecular flexibility index (Phi) is 4.34. The van der Waals surface area contributed by atoms with Gasteiger partial charge in [-0.25, -0.2) is 4.79 Å². The minimum atomic E-state index is -4.42. The quantitative estimate of drug-likeness (QED) is 0.626. The van der Waals surface area contributed by atoms with E-state index in [0.29, 0.717) is 28.2 Å². The fraction of sp³-hybridized carbons (Fsp3) is 0.235. The van der Waals surface area contributed by atoms with Crippen molar-refractivity contribution in [3.63, 3.8) is 0 Å². The van der Waals surface area contributed by atoms with Gasteiger partial charge in [-0.05, 0) is 48.6 Å². The van der Waals surface area contributed by atoms with Gasteiger partial charge in [0.1, 0.15) is 4.88 Å². The van der Waals surface area contributed by atoms with Crippen molar-refractivity contribution in [2.45, 2.75) is 24.9 Å². The molecule has 2 heterocycles. The number of benzene rings is 1. The van der Waals surface area contributed by atoms with Crippen LogP contribution in [-0.4, -0.2) is 16.2 Å². The Morgan fingerprint density at radius 1 is 1.15 bits per heavy atom. The number of rotatable bonds is 4. The van der Waals surface area contributed by atoms with Gasteiger partial charge in [0.15, 0.2) is 5.82 Å². The summed E-state index contributed by atoms with van der Waals surface area (Å²) in [7, 11) is 0. The van der Waals surface area contributed by atoms with Gasteiger partial charge in [0.05, 0.1) is 11.3 Å². The van der Waals surface area contributed by atoms with Crippen LogP contribution in [0.2, 0.25) is 0 Å². The summed E-state index contributed by atoms with van der Waals surface area (Å²) < 4.78 is 43.0. The molecule has 2 amide bonds. The van der Waals surface area contributed by atoms with Crippen molar-refractivity contribution in [2.75, 3.05) is 10.6 Å². The molecule has 0 saturated heterocycles. The number of nitrogens with zero attached hydrogens (tertiary/aromatic N) is 2. The van der Waals surface area contributed by atoms with E-state index < -0.39 is 17.8 Å². The fourth-order valence-corrected chi connectivity index (χ4v) is 3.20. The Balaban J connectivity index is 1.43. The number of anilines is 2. The SMILES string of the molecule is O=C(Nc1ccc(C(F)(F)F)cc1)Nc1ccsc1-c1nc(C2CC2)no1. The number of thiophene rings is 1. The highest BCUT2D eigenvalue weighted by atomic mass is 32.1. The molecule has 27 heavy (non-hydrogen) atoms. The molecule has 2 N–H and O–H groups in total. The Labute approximate surface area is 155 Å². The lowest BCUT2D eigenvalue weighted by molar-refractivity contribution is -0.137. The predicted octanol–water partition coefficient (Wildman–Crippen LogP) is 5.34. The maximum atomic E-state index is 12.6. The molecule has 0 radical (unpaired) electrons. The second kappa shape index (κ2) is 6.69. The van der Waals surface area contributed by atoms with E-state index in [1.54, 1.807) is 11.4 Å². The molecule has 10 heteroatoms. The van der Waals surface area contributed by atoms with Gasteiger partial charge in [0.2, 0.25) is 0 Å². The molecule has 2 aromatic heterocycles. The van der Waals surface area contributed by atoms with Crippen molar-refractivity contribution in [1.29, 1.82) is 0 Å². The molecule has 0 bridgehead atoms. The van der Waals surface area contributed by atoms with E-state index >= 15 is 0 Å². The number of hydrogen-bond acceptors (Lipinski definition) is 5. The van der Waals surface area contributed by atoms with E-state index in [4.69, 9.17) is 4.52 Å². The zero-order chi connectivity index (χ0) is 19.0. The second-order valence-electron chi connectivity index (χ2n) is 6.05. The highest BCUT2D eigenvalue weighted by Crippen LogP contribution is 2.40. The van der Waals surface area contributed by atoms with E-state index in [2.05, 4.69) is 20.8 Å². The van der Waals surface area contributed by atoms with Gasteiger partial charge in [-0.15, -0.1) is 11.3 Å². The molecule has 1 fully saturated rings. The van der Waals surface area contributed by atoms with Crippen molar-refractivity contribution in [2.24, 2.45) is 0 Å². The molecule has 1 aromatic carbocycles. The number of halogens is 3. The Morgan fingerprint density at radius 3 is 2.56 bits per heavy atom. The average molecular weight is 394 g/mol. The molecule has 1 aliphatic carbocycles. The molecule has 1 saturated carbocycles. The average Bonchev–Trinajstić information content (AvgIpc) is 3.17. The summed E-state index contributed by atoms with van der Waals surface area (Å²) in [5.41, 5.74) is -0.0575. The first-order valence-corrected chi connectivity index (χ1v) is 8.95. The summed E-state index contributed by atoms with van der Waals surface area (Å²) in [6.45, 7) is 0. The van der Waals surface area contributed by atoms with Crippen LogP contribution in [0.25, 0.3) is 10.8 Å². The van der Waals surface area contributed by atoms with Crippen molar-refractivity contribution >= 4 is 28.7 Å². The Morgan fingerprint density at radius 2 is 1.89 bits per heavy atom. The predicted molar refractivity (Wildman–Crippen MR) is 93.7 cm³/mol. The molecular weight excluding hydrogens is 381 g/mol. The van der Waals surface area contributed by atoms with E-state index in [0.717, 1.165) is 25.0 Å². The molecule has 0 atom stereocenters. The number of nitrogens with one attached hydrogen (secondary N) is 2. The summed E-state index contributed by atoms with van der Waals surface area (Å²) in [5.74, 6) is 1.34. The molecule has 0 spiro atoms. The fourth-order valence-electron chi connectivity index (χ4n) is 2.43. The largest absolute Gasteiger partial charge is 0.416 e. The summed E-state index contributed by atoms with van der Waals surface area (Å²) in [6.07, 6.45) is -2.33. The highest BCUT2D eigenvalue weighted by molar-refractivity contribution is 7.14. The minimum absolute atomic E-state index is 0.242. The molecule has 3 aromatic rings. The third-order valence-electron chi connectivity index (χ3n) is 3.96. The zero-order valence-electron chi connectivity index (χ0n) is 13.7. The maximum Gasteiger partial charge on any atom is 0.416 e. The lowest BCUT2D eigenvalue weighted by Crippen LogP contribution is -2.19. The van der Waals surface area contributed by atoms with Crippen molar-refractivity contribution < 1.29 is 22.5 Å². The first-order chi connectivity index (χ1) is 12.9. The van der Waals surface area contributed by atoms with Crippen LogP contribution in [0.4, 0.5) is 29.3 Å². The number of alkyl halides is 3. The van der Waals surface area contributed by atoms with Crippen LogP contribution < -0.4 is 10.6 Å². The topological polar surface area (TPSA) is 80.0 Å². The van der Waals surface area contributed by atoms with Crippen molar-refractivity contribution in [1.82, 2.24) is 10.1 Å². The number of urea groups is 1. The number of amides is 2. The number of carbonyl (C=O) groups is 1. The molecule has 140 valence electrons. The van der Waals surface area contributed by atoms with E-state index in [-0.39, 0.29) is 5.69 Å². The Hall–Kier alpha value is -2.88. The van der Waals surface area contributed by atoms with Crippen LogP contribution in [0.1, 0.15) is 30.1 Å². The van der Waals surface area contributed by atoms with Gasteiger partial charge < -0.3 is 15.2 Å². The first kappa shape index (κ1) is 17.5. The monoisotopic (exact) mass is 394 g/mol. The van der Waals surface area contributed by atoms with Crippen molar-refractivity contribution in [3.05, 3.63) is 47.1 Å². The van der Waals surface area contributed by atoms with Crippen LogP contribution in [-0.2, 0) is 6.18 Å². The van der Waals surface area contributed by atoms with Gasteiger partial charge in [0.25, 0.3) is 5.89 Å². The molecule has 1 aliphatic rings. The number of carbonyl (C=O) groups excluding carboxylic acids is 1. The molecule has 0 aliphatic heterocycles. The van der Waals surface area contributed by atoms with Crippen LogP contribution in [0.3, 0.4) is 0 Å². The summed E-state index contributed by atoms with van der Waals surface area (Å²) >= 11 is 1.34. The van der Waals surface area contributed by atoms with Crippen LogP contribution in [0.15, 0.2) is 40.2 Å². The Bertz CT molecular complexity index is 961. The van der Waals surface area contributed by atoms with Crippen LogP contribution in [0.5, 0.6) is 0 Å². The maximum absolute atomic E-state index is 12.6. The minimum Gasteiger partial charge on any atom is -0.333 e. The molecule has 4 rings (SSSR count). The van der Waals surface area contributed by atoms with Crippen molar-refractivity contribution in [3.8, 4) is 10.8 Å². The third kappa shape index (κ3) is 3.95. The van der Waals surface area contributed by atoms with Gasteiger partial charge in [-0.1, -0.05) is 5.16 Å². The second-order valence-corrected chi connectivity index (χ2v) is 6.97. The van der Waals surface area contributed by atoms with Gasteiger partial charge in [-0.3, -0.25) is 0 Å². The molecule has 0 unspecified atom stereocenters. The van der Waals surface area contributed by atoms with Crippen LogP contribution in [0, 0.1) is 0 Å². The third-order valence-corrected chi connectivity index (χ3v) is 4.86. The lowest BCUT2D eigenvalue weighted by atomic mass is 10.2. The smallest absolute Gasteiger partial charge is 0.333 e. The summed E-state index contributed by atoms with van der Waals surface area (Å²) in [4.78, 5) is 17.1. The number of aromatic nitrogens is 2. The molecule has 6 nitrogen and oxygen atoms in total. The van der Waals surface area contributed by atoms with Gasteiger partial charge in [-0.2, -0.15) is 18.2 Å². The standard InChI is InChI=1S/C17H13F3N4O2S/c18-17(19,20)10-3-5-11(6-4-10)21-16(25)22-12-7-8-27-13(12)15-23-14(24-26-15)9-1-2-9/h3-9H,1-2H2,(H2,21,22,25). The van der Waals surface area contributed by atoms with E-state index in [9.17, 15) is 18.0 Å². The highest BCUT2D eigenvalue weighted by Gasteiger charge is 2.30.